The lowest BCUT2D eigenvalue weighted by Gasteiger charge is -2.17. The maximum Gasteiger partial charge on any atom is 0.124 e. The van der Waals surface area contributed by atoms with E-state index in [0.717, 1.165) is 0 Å². The molecule has 8 nitrogen and oxygen atoms in total. The van der Waals surface area contributed by atoms with Gasteiger partial charge in [0.05, 0.1) is 31.3 Å². The van der Waals surface area contributed by atoms with Crippen LogP contribution < -0.4 is 0 Å². The number of rotatable bonds is 13. The molecule has 3 N–H and O–H groups in total. The summed E-state index contributed by atoms with van der Waals surface area (Å²) in [6.45, 7) is -0.682. The molecule has 0 fully saturated rings. The largest absolute Gasteiger partial charge is 0.394 e. The Morgan fingerprint density at radius 1 is 0.952 bits per heavy atom. The minimum atomic E-state index is -0.879. The third-order valence-corrected chi connectivity index (χ3v) is 4.97. The smallest absolute Gasteiger partial charge is 0.124 e. The summed E-state index contributed by atoms with van der Waals surface area (Å²) >= 11 is 2.50. The number of thioether (sulfide) groups is 2. The van der Waals surface area contributed by atoms with Gasteiger partial charge < -0.3 is 15.3 Å². The first-order chi connectivity index (χ1) is 10.1. The van der Waals surface area contributed by atoms with Crippen molar-refractivity contribution in [2.75, 3.05) is 36.2 Å². The molecule has 0 saturated carbocycles. The fourth-order valence-electron chi connectivity index (χ4n) is 1.24. The van der Waals surface area contributed by atoms with E-state index < -0.39 is 24.1 Å². The maximum atomic E-state index is 10.3. The standard InChI is InChI=1S/C11H19N3O5S2/c12-1-8(4-20-5-9(2-15)13-18)11(17)7-21-6-10(3-16)14-19/h8-11,15-17H,2-7H2. The second-order valence-electron chi connectivity index (χ2n) is 4.26. The highest BCUT2D eigenvalue weighted by Crippen LogP contribution is 2.18. The van der Waals surface area contributed by atoms with Crippen LogP contribution in [0.4, 0.5) is 0 Å². The Labute approximate surface area is 131 Å². The second kappa shape index (κ2) is 13.0. The van der Waals surface area contributed by atoms with Gasteiger partial charge in [-0.05, 0) is 0 Å². The van der Waals surface area contributed by atoms with Crippen LogP contribution in [0.5, 0.6) is 0 Å². The molecule has 21 heavy (non-hydrogen) atoms. The van der Waals surface area contributed by atoms with Crippen LogP contribution in [0.25, 0.3) is 0 Å². The van der Waals surface area contributed by atoms with Gasteiger partial charge in [-0.3, -0.25) is 0 Å². The highest BCUT2D eigenvalue weighted by molar-refractivity contribution is 7.99. The Morgan fingerprint density at radius 3 is 1.81 bits per heavy atom. The first-order valence-corrected chi connectivity index (χ1v) is 8.53. The fraction of sp³-hybridized carbons (Fsp3) is 0.909. The van der Waals surface area contributed by atoms with Crippen molar-refractivity contribution in [1.29, 1.82) is 5.26 Å². The predicted molar refractivity (Wildman–Crippen MR) is 83.1 cm³/mol. The summed E-state index contributed by atoms with van der Waals surface area (Å²) in [4.78, 5) is 20.5. The van der Waals surface area contributed by atoms with Crippen molar-refractivity contribution in [3.63, 3.8) is 0 Å². The number of hydrogen-bond donors (Lipinski definition) is 3. The number of aliphatic hydroxyl groups excluding tert-OH is 3. The third kappa shape index (κ3) is 9.00. The fourth-order valence-corrected chi connectivity index (χ4v) is 3.41. The van der Waals surface area contributed by atoms with E-state index >= 15 is 0 Å². The highest BCUT2D eigenvalue weighted by atomic mass is 32.2. The van der Waals surface area contributed by atoms with Crippen LogP contribution in [-0.4, -0.2) is 69.7 Å². The SMILES string of the molecule is N#CC(CSCC(CO)N=O)C(O)CSCC(CO)N=O. The average Bonchev–Trinajstić information content (AvgIpc) is 2.51. The summed E-state index contributed by atoms with van der Waals surface area (Å²) in [5.41, 5.74) is 0. The van der Waals surface area contributed by atoms with Crippen LogP contribution in [0.3, 0.4) is 0 Å². The Morgan fingerprint density at radius 2 is 1.43 bits per heavy atom. The molecule has 0 aromatic rings. The first-order valence-electron chi connectivity index (χ1n) is 6.22. The van der Waals surface area contributed by atoms with Crippen molar-refractivity contribution in [2.45, 2.75) is 18.2 Å². The van der Waals surface area contributed by atoms with Gasteiger partial charge in [-0.2, -0.15) is 38.6 Å². The van der Waals surface area contributed by atoms with Crippen molar-refractivity contribution in [1.82, 2.24) is 0 Å². The molecule has 0 aromatic carbocycles. The molecule has 10 heteroatoms. The molecule has 4 unspecified atom stereocenters. The van der Waals surface area contributed by atoms with Crippen LogP contribution in [0.2, 0.25) is 0 Å². The van der Waals surface area contributed by atoms with E-state index in [9.17, 15) is 14.9 Å². The van der Waals surface area contributed by atoms with E-state index in [-0.39, 0.29) is 24.7 Å². The number of hydrogen-bond acceptors (Lipinski definition) is 10. The molecule has 0 heterocycles. The Kier molecular flexibility index (Phi) is 12.5. The van der Waals surface area contributed by atoms with Crippen molar-refractivity contribution < 1.29 is 15.3 Å². The molecule has 0 rings (SSSR count). The number of nitrogens with zero attached hydrogens (tertiary/aromatic N) is 3. The van der Waals surface area contributed by atoms with Crippen LogP contribution in [0.1, 0.15) is 0 Å². The number of nitroso groups, excluding NO2 is 2. The molecule has 0 bridgehead atoms. The predicted octanol–water partition coefficient (Wildman–Crippen LogP) is 0.208. The van der Waals surface area contributed by atoms with Crippen LogP contribution >= 0.6 is 23.5 Å². The van der Waals surface area contributed by atoms with Gasteiger partial charge in [-0.15, -0.1) is 0 Å². The van der Waals surface area contributed by atoms with Crippen molar-refractivity contribution >= 4 is 23.5 Å². The van der Waals surface area contributed by atoms with E-state index in [2.05, 4.69) is 10.4 Å². The van der Waals surface area contributed by atoms with Gasteiger partial charge in [0, 0.05) is 23.0 Å². The first kappa shape index (κ1) is 20.3. The average molecular weight is 337 g/mol. The Hall–Kier alpha value is -0.730. The van der Waals surface area contributed by atoms with E-state index in [0.29, 0.717) is 11.5 Å². The van der Waals surface area contributed by atoms with E-state index in [1.807, 2.05) is 6.07 Å². The van der Waals surface area contributed by atoms with Crippen LogP contribution in [-0.2, 0) is 0 Å². The molecule has 120 valence electrons. The third-order valence-electron chi connectivity index (χ3n) is 2.56. The van der Waals surface area contributed by atoms with Gasteiger partial charge >= 0.3 is 0 Å². The summed E-state index contributed by atoms with van der Waals surface area (Å²) in [5, 5.41) is 41.9. The van der Waals surface area contributed by atoms with Crippen molar-refractivity contribution in [2.24, 2.45) is 16.3 Å². The van der Waals surface area contributed by atoms with Crippen LogP contribution in [0, 0.1) is 27.1 Å². The van der Waals surface area contributed by atoms with Gasteiger partial charge in [0.1, 0.15) is 12.1 Å². The molecule has 4 atom stereocenters. The summed E-state index contributed by atoms with van der Waals surface area (Å²) in [7, 11) is 0. The molecular weight excluding hydrogens is 318 g/mol. The number of nitriles is 1. The second-order valence-corrected chi connectivity index (χ2v) is 6.41. The molecule has 0 aliphatic rings. The van der Waals surface area contributed by atoms with E-state index in [1.165, 1.54) is 23.5 Å². The molecule has 0 radical (unpaired) electrons. The summed E-state index contributed by atoms with van der Waals surface area (Å²) < 4.78 is 0. The maximum absolute atomic E-state index is 10.3. The summed E-state index contributed by atoms with van der Waals surface area (Å²) in [5.74, 6) is 0.522. The summed E-state index contributed by atoms with van der Waals surface area (Å²) in [6, 6.07) is 0.577. The Bertz CT molecular complexity index is 342. The molecule has 0 spiro atoms. The van der Waals surface area contributed by atoms with E-state index in [4.69, 9.17) is 15.5 Å². The van der Waals surface area contributed by atoms with Gasteiger partial charge in [0.2, 0.25) is 0 Å². The molecule has 0 aromatic heterocycles. The van der Waals surface area contributed by atoms with Crippen molar-refractivity contribution in [3.05, 3.63) is 9.81 Å². The normalized spacial score (nSPS) is 16.5. The lowest BCUT2D eigenvalue weighted by molar-refractivity contribution is 0.167. The van der Waals surface area contributed by atoms with Gasteiger partial charge in [0.25, 0.3) is 0 Å². The molecule has 0 amide bonds. The molecular formula is C11H19N3O5S2. The zero-order valence-corrected chi connectivity index (χ0v) is 13.0. The quantitative estimate of drug-likeness (QED) is 0.405. The Balaban J connectivity index is 4.01. The highest BCUT2D eigenvalue weighted by Gasteiger charge is 2.20. The minimum absolute atomic E-state index is 0.250. The lowest BCUT2D eigenvalue weighted by Crippen LogP contribution is -2.25. The van der Waals surface area contributed by atoms with Gasteiger partial charge in [0.15, 0.2) is 0 Å². The minimum Gasteiger partial charge on any atom is -0.394 e. The molecule has 0 aliphatic heterocycles. The van der Waals surface area contributed by atoms with E-state index in [1.54, 1.807) is 0 Å². The monoisotopic (exact) mass is 337 g/mol. The number of aliphatic hydroxyl groups is 3. The van der Waals surface area contributed by atoms with Crippen LogP contribution in [0.15, 0.2) is 10.4 Å². The summed E-state index contributed by atoms with van der Waals surface area (Å²) in [6.07, 6.45) is -0.879. The molecule has 0 aliphatic carbocycles. The topological polar surface area (TPSA) is 143 Å². The zero-order valence-electron chi connectivity index (χ0n) is 11.4. The van der Waals surface area contributed by atoms with Crippen molar-refractivity contribution in [3.8, 4) is 6.07 Å². The van der Waals surface area contributed by atoms with Gasteiger partial charge in [-0.1, -0.05) is 10.4 Å². The van der Waals surface area contributed by atoms with Gasteiger partial charge in [-0.25, -0.2) is 0 Å². The zero-order chi connectivity index (χ0) is 16.1. The lowest BCUT2D eigenvalue weighted by atomic mass is 10.1. The molecule has 0 saturated heterocycles.